The summed E-state index contributed by atoms with van der Waals surface area (Å²) in [5.41, 5.74) is 1.97. The van der Waals surface area contributed by atoms with Gasteiger partial charge in [0.25, 0.3) is 0 Å². The Kier molecular flexibility index (Phi) is 4.65. The number of carbonyl (C=O) groups excluding carboxylic acids is 1. The molecule has 2 atom stereocenters. The molecule has 1 aromatic heterocycles. The van der Waals surface area contributed by atoms with Gasteiger partial charge >= 0.3 is 0 Å². The smallest absolute Gasteiger partial charge is 0.243 e. The fourth-order valence-corrected chi connectivity index (χ4v) is 5.07. The SMILES string of the molecule is O=C(CCNS(=O)(=O)c1ccccc1F)N1C2CCC1c1cncnc1C2. The van der Waals surface area contributed by atoms with Gasteiger partial charge in [-0.2, -0.15) is 0 Å². The quantitative estimate of drug-likeness (QED) is 0.837. The first-order valence-corrected chi connectivity index (χ1v) is 10.3. The summed E-state index contributed by atoms with van der Waals surface area (Å²) in [7, 11) is -3.99. The number of rotatable bonds is 5. The molecule has 0 aliphatic carbocycles. The molecule has 3 heterocycles. The first-order chi connectivity index (χ1) is 13.0. The molecule has 1 N–H and O–H groups in total. The van der Waals surface area contributed by atoms with Crippen LogP contribution in [0.3, 0.4) is 0 Å². The molecule has 27 heavy (non-hydrogen) atoms. The molecule has 2 aliphatic heterocycles. The predicted octanol–water partition coefficient (Wildman–Crippen LogP) is 1.57. The van der Waals surface area contributed by atoms with Gasteiger partial charge in [-0.05, 0) is 25.0 Å². The molecule has 0 spiro atoms. The Balaban J connectivity index is 1.42. The molecule has 2 unspecified atom stereocenters. The summed E-state index contributed by atoms with van der Waals surface area (Å²) in [6, 6.07) is 5.20. The van der Waals surface area contributed by atoms with Crippen LogP contribution in [0.25, 0.3) is 0 Å². The van der Waals surface area contributed by atoms with Gasteiger partial charge in [-0.15, -0.1) is 0 Å². The second kappa shape index (κ2) is 6.97. The number of hydrogen-bond donors (Lipinski definition) is 1. The minimum atomic E-state index is -3.99. The van der Waals surface area contributed by atoms with Crippen molar-refractivity contribution in [2.24, 2.45) is 0 Å². The largest absolute Gasteiger partial charge is 0.332 e. The normalized spacial score (nSPS) is 21.1. The number of nitrogens with zero attached hydrogens (tertiary/aromatic N) is 3. The Morgan fingerprint density at radius 1 is 1.30 bits per heavy atom. The number of carbonyl (C=O) groups is 1. The van der Waals surface area contributed by atoms with E-state index in [4.69, 9.17) is 0 Å². The van der Waals surface area contributed by atoms with Crippen LogP contribution in [-0.2, 0) is 21.2 Å². The molecule has 4 rings (SSSR count). The van der Waals surface area contributed by atoms with Crippen molar-refractivity contribution in [2.75, 3.05) is 6.54 Å². The van der Waals surface area contributed by atoms with E-state index in [-0.39, 0.29) is 31.0 Å². The number of hydrogen-bond acceptors (Lipinski definition) is 5. The van der Waals surface area contributed by atoms with E-state index in [1.165, 1.54) is 24.5 Å². The highest BCUT2D eigenvalue weighted by atomic mass is 32.2. The number of fused-ring (bicyclic) bond motifs is 4. The lowest BCUT2D eigenvalue weighted by atomic mass is 9.99. The fourth-order valence-electron chi connectivity index (χ4n) is 3.97. The van der Waals surface area contributed by atoms with Crippen LogP contribution in [-0.4, -0.2) is 41.8 Å². The number of nitrogens with one attached hydrogen (secondary N) is 1. The van der Waals surface area contributed by atoms with E-state index in [0.29, 0.717) is 6.42 Å². The molecular formula is C18H19FN4O3S. The lowest BCUT2D eigenvalue weighted by molar-refractivity contribution is -0.134. The van der Waals surface area contributed by atoms with Crippen LogP contribution in [0.5, 0.6) is 0 Å². The first-order valence-electron chi connectivity index (χ1n) is 8.81. The van der Waals surface area contributed by atoms with Crippen molar-refractivity contribution in [3.63, 3.8) is 0 Å². The van der Waals surface area contributed by atoms with E-state index in [1.54, 1.807) is 6.20 Å². The number of halogens is 1. The molecule has 2 aromatic rings. The predicted molar refractivity (Wildman–Crippen MR) is 94.6 cm³/mol. The molecule has 0 radical (unpaired) electrons. The third-order valence-electron chi connectivity index (χ3n) is 5.16. The summed E-state index contributed by atoms with van der Waals surface area (Å²) in [4.78, 5) is 22.5. The molecule has 2 bridgehead atoms. The lowest BCUT2D eigenvalue weighted by Crippen LogP contribution is -2.43. The third kappa shape index (κ3) is 3.32. The van der Waals surface area contributed by atoms with E-state index in [1.807, 2.05) is 4.90 Å². The minimum Gasteiger partial charge on any atom is -0.332 e. The second-order valence-corrected chi connectivity index (χ2v) is 8.49. The number of amides is 1. The van der Waals surface area contributed by atoms with Crippen molar-refractivity contribution in [3.8, 4) is 0 Å². The van der Waals surface area contributed by atoms with Crippen LogP contribution < -0.4 is 4.72 Å². The Labute approximate surface area is 156 Å². The summed E-state index contributed by atoms with van der Waals surface area (Å²) in [5, 5.41) is 0. The van der Waals surface area contributed by atoms with Gasteiger partial charge in [0, 0.05) is 37.2 Å². The van der Waals surface area contributed by atoms with E-state index < -0.39 is 20.7 Å². The van der Waals surface area contributed by atoms with Crippen molar-refractivity contribution in [2.45, 2.75) is 42.7 Å². The summed E-state index contributed by atoms with van der Waals surface area (Å²) < 4.78 is 40.5. The first kappa shape index (κ1) is 18.0. The Morgan fingerprint density at radius 2 is 2.11 bits per heavy atom. The van der Waals surface area contributed by atoms with Crippen molar-refractivity contribution >= 4 is 15.9 Å². The van der Waals surface area contributed by atoms with Crippen molar-refractivity contribution in [3.05, 3.63) is 53.9 Å². The number of aromatic nitrogens is 2. The molecule has 1 aromatic carbocycles. The third-order valence-corrected chi connectivity index (χ3v) is 6.66. The van der Waals surface area contributed by atoms with E-state index >= 15 is 0 Å². The summed E-state index contributed by atoms with van der Waals surface area (Å²) in [6.07, 6.45) is 5.75. The topological polar surface area (TPSA) is 92.3 Å². The average molecular weight is 390 g/mol. The van der Waals surface area contributed by atoms with Crippen LogP contribution in [0, 0.1) is 5.82 Å². The van der Waals surface area contributed by atoms with Crippen molar-refractivity contribution in [1.82, 2.24) is 19.6 Å². The van der Waals surface area contributed by atoms with Crippen LogP contribution in [0.2, 0.25) is 0 Å². The van der Waals surface area contributed by atoms with Gasteiger partial charge in [0.2, 0.25) is 15.9 Å². The van der Waals surface area contributed by atoms with Crippen LogP contribution in [0.15, 0.2) is 41.7 Å². The summed E-state index contributed by atoms with van der Waals surface area (Å²) in [6.45, 7) is -0.0798. The monoisotopic (exact) mass is 390 g/mol. The maximum absolute atomic E-state index is 13.7. The zero-order chi connectivity index (χ0) is 19.0. The highest BCUT2D eigenvalue weighted by Gasteiger charge is 2.42. The van der Waals surface area contributed by atoms with E-state index in [0.717, 1.165) is 30.2 Å². The number of sulfonamides is 1. The molecule has 7 nitrogen and oxygen atoms in total. The zero-order valence-corrected chi connectivity index (χ0v) is 15.3. The zero-order valence-electron chi connectivity index (χ0n) is 14.5. The highest BCUT2D eigenvalue weighted by Crippen LogP contribution is 2.42. The van der Waals surface area contributed by atoms with Crippen LogP contribution in [0.4, 0.5) is 4.39 Å². The lowest BCUT2D eigenvalue weighted by Gasteiger charge is -2.35. The number of benzene rings is 1. The average Bonchev–Trinajstić information content (AvgIpc) is 2.97. The molecule has 2 aliphatic rings. The van der Waals surface area contributed by atoms with Gasteiger partial charge in [0.1, 0.15) is 17.0 Å². The molecule has 1 fully saturated rings. The second-order valence-electron chi connectivity index (χ2n) is 6.76. The summed E-state index contributed by atoms with van der Waals surface area (Å²) >= 11 is 0. The molecule has 142 valence electrons. The van der Waals surface area contributed by atoms with Crippen LogP contribution >= 0.6 is 0 Å². The minimum absolute atomic E-state index is 0.0176. The molecule has 1 saturated heterocycles. The molecule has 0 saturated carbocycles. The van der Waals surface area contributed by atoms with Gasteiger partial charge in [0.05, 0.1) is 11.7 Å². The van der Waals surface area contributed by atoms with Gasteiger partial charge in [-0.25, -0.2) is 27.5 Å². The Bertz CT molecular complexity index is 982. The highest BCUT2D eigenvalue weighted by molar-refractivity contribution is 7.89. The molecular weight excluding hydrogens is 371 g/mol. The van der Waals surface area contributed by atoms with Crippen molar-refractivity contribution in [1.29, 1.82) is 0 Å². The molecule has 9 heteroatoms. The van der Waals surface area contributed by atoms with Gasteiger partial charge in [0.15, 0.2) is 0 Å². The van der Waals surface area contributed by atoms with E-state index in [2.05, 4.69) is 14.7 Å². The van der Waals surface area contributed by atoms with Gasteiger partial charge < -0.3 is 4.90 Å². The van der Waals surface area contributed by atoms with Gasteiger partial charge in [-0.1, -0.05) is 12.1 Å². The maximum atomic E-state index is 13.7. The fraction of sp³-hybridized carbons (Fsp3) is 0.389. The maximum Gasteiger partial charge on any atom is 0.243 e. The standard InChI is InChI=1S/C18H19FN4O3S/c19-14-3-1-2-4-17(14)27(25,26)22-8-7-18(24)23-12-5-6-16(23)13-10-20-11-21-15(13)9-12/h1-4,10-12,16,22H,5-9H2. The molecule has 1 amide bonds. The van der Waals surface area contributed by atoms with Crippen LogP contribution in [0.1, 0.15) is 36.6 Å². The Morgan fingerprint density at radius 3 is 2.93 bits per heavy atom. The Hall–Kier alpha value is -2.39. The summed E-state index contributed by atoms with van der Waals surface area (Å²) in [5.74, 6) is -0.935. The van der Waals surface area contributed by atoms with E-state index in [9.17, 15) is 17.6 Å². The van der Waals surface area contributed by atoms with Gasteiger partial charge in [-0.3, -0.25) is 4.79 Å². The van der Waals surface area contributed by atoms with Crippen molar-refractivity contribution < 1.29 is 17.6 Å².